The maximum atomic E-state index is 13.4. The third kappa shape index (κ3) is 5.40. The molecule has 0 N–H and O–H groups in total. The van der Waals surface area contributed by atoms with E-state index in [1.165, 1.54) is 18.2 Å². The molecule has 2 heterocycles. The Balaban J connectivity index is 1.34. The molecular formula is C23H25FN2O6S. The quantitative estimate of drug-likeness (QED) is 0.457. The van der Waals surface area contributed by atoms with Gasteiger partial charge in [-0.15, -0.1) is 0 Å². The summed E-state index contributed by atoms with van der Waals surface area (Å²) in [5.41, 5.74) is 1.12. The van der Waals surface area contributed by atoms with E-state index in [9.17, 15) is 12.8 Å². The van der Waals surface area contributed by atoms with Crippen molar-refractivity contribution in [3.63, 3.8) is 0 Å². The Morgan fingerprint density at radius 3 is 2.39 bits per heavy atom. The molecule has 3 aromatic rings. The fourth-order valence-electron chi connectivity index (χ4n) is 3.67. The SMILES string of the molecule is COc1ccc(CN2CCN(c3ccc(OS(=O)(=O)c4cccc(F)c4)o3)CC2)cc1OC. The Morgan fingerprint density at radius 1 is 0.939 bits per heavy atom. The summed E-state index contributed by atoms with van der Waals surface area (Å²) in [4.78, 5) is 4.06. The van der Waals surface area contributed by atoms with E-state index >= 15 is 0 Å². The van der Waals surface area contributed by atoms with Crippen LogP contribution in [-0.2, 0) is 16.7 Å². The second-order valence-electron chi connectivity index (χ2n) is 7.54. The summed E-state index contributed by atoms with van der Waals surface area (Å²) < 4.78 is 59.4. The molecule has 0 amide bonds. The minimum atomic E-state index is -4.19. The normalized spacial score (nSPS) is 14.8. The molecule has 0 aliphatic carbocycles. The number of furan rings is 1. The molecule has 1 saturated heterocycles. The largest absolute Gasteiger partial charge is 0.493 e. The number of rotatable bonds is 8. The van der Waals surface area contributed by atoms with Gasteiger partial charge in [0, 0.05) is 44.9 Å². The Labute approximate surface area is 192 Å². The van der Waals surface area contributed by atoms with E-state index in [-0.39, 0.29) is 10.8 Å². The van der Waals surface area contributed by atoms with Gasteiger partial charge in [0.05, 0.1) is 14.2 Å². The summed E-state index contributed by atoms with van der Waals surface area (Å²) in [6.45, 7) is 3.78. The van der Waals surface area contributed by atoms with Crippen LogP contribution in [0.3, 0.4) is 0 Å². The molecule has 0 spiro atoms. The summed E-state index contributed by atoms with van der Waals surface area (Å²) in [6.07, 6.45) is 0. The van der Waals surface area contributed by atoms with E-state index in [2.05, 4.69) is 4.90 Å². The Kier molecular flexibility index (Phi) is 6.75. The lowest BCUT2D eigenvalue weighted by Crippen LogP contribution is -2.45. The molecule has 176 valence electrons. The first-order valence-corrected chi connectivity index (χ1v) is 11.8. The van der Waals surface area contributed by atoms with Crippen LogP contribution < -0.4 is 18.6 Å². The Hall–Kier alpha value is -3.24. The number of hydrogen-bond acceptors (Lipinski definition) is 8. The van der Waals surface area contributed by atoms with E-state index in [4.69, 9.17) is 18.1 Å². The van der Waals surface area contributed by atoms with Crippen LogP contribution in [0, 0.1) is 5.82 Å². The summed E-state index contributed by atoms with van der Waals surface area (Å²) in [5.74, 6) is 1.09. The van der Waals surface area contributed by atoms with Crippen LogP contribution in [0.15, 0.2) is 63.9 Å². The van der Waals surface area contributed by atoms with Crippen molar-refractivity contribution in [3.05, 3.63) is 66.0 Å². The van der Waals surface area contributed by atoms with Gasteiger partial charge < -0.3 is 23.0 Å². The van der Waals surface area contributed by atoms with E-state index in [0.29, 0.717) is 30.5 Å². The fraction of sp³-hybridized carbons (Fsp3) is 0.304. The Morgan fingerprint density at radius 2 is 1.70 bits per heavy atom. The van der Waals surface area contributed by atoms with Gasteiger partial charge in [-0.3, -0.25) is 4.90 Å². The zero-order valence-electron chi connectivity index (χ0n) is 18.4. The van der Waals surface area contributed by atoms with E-state index in [1.807, 2.05) is 23.1 Å². The van der Waals surface area contributed by atoms with Gasteiger partial charge in [-0.2, -0.15) is 8.42 Å². The van der Waals surface area contributed by atoms with Crippen molar-refractivity contribution in [2.75, 3.05) is 45.3 Å². The molecular weight excluding hydrogens is 451 g/mol. The molecule has 1 fully saturated rings. The highest BCUT2D eigenvalue weighted by Crippen LogP contribution is 2.30. The number of ether oxygens (including phenoxy) is 2. The molecule has 33 heavy (non-hydrogen) atoms. The van der Waals surface area contributed by atoms with Gasteiger partial charge in [-0.25, -0.2) is 4.39 Å². The number of hydrogen-bond donors (Lipinski definition) is 0. The summed E-state index contributed by atoms with van der Waals surface area (Å²) in [5, 5.41) is 0. The molecule has 2 aromatic carbocycles. The lowest BCUT2D eigenvalue weighted by Gasteiger charge is -2.34. The first-order chi connectivity index (χ1) is 15.9. The summed E-state index contributed by atoms with van der Waals surface area (Å²) in [7, 11) is -0.961. The molecule has 4 rings (SSSR count). The standard InChI is InChI=1S/C23H25FN2O6S/c1-29-20-7-6-17(14-21(20)30-2)16-25-10-12-26(13-11-25)22-8-9-23(31-22)32-33(27,28)19-5-3-4-18(24)15-19/h3-9,14-15H,10-13,16H2,1-2H3. The van der Waals surface area contributed by atoms with Crippen molar-refractivity contribution < 1.29 is 30.9 Å². The first-order valence-electron chi connectivity index (χ1n) is 10.4. The van der Waals surface area contributed by atoms with Gasteiger partial charge >= 0.3 is 16.1 Å². The molecule has 0 atom stereocenters. The summed E-state index contributed by atoms with van der Waals surface area (Å²) >= 11 is 0. The van der Waals surface area contributed by atoms with Gasteiger partial charge in [0.25, 0.3) is 0 Å². The number of benzene rings is 2. The monoisotopic (exact) mass is 476 g/mol. The highest BCUT2D eigenvalue weighted by atomic mass is 32.2. The van der Waals surface area contributed by atoms with Crippen molar-refractivity contribution in [1.82, 2.24) is 4.90 Å². The van der Waals surface area contributed by atoms with Crippen molar-refractivity contribution >= 4 is 16.0 Å². The number of anilines is 1. The van der Waals surface area contributed by atoms with Crippen LogP contribution in [0.5, 0.6) is 17.4 Å². The Bertz CT molecular complexity index is 1210. The topological polar surface area (TPSA) is 81.5 Å². The maximum Gasteiger partial charge on any atom is 0.341 e. The average molecular weight is 477 g/mol. The zero-order chi connectivity index (χ0) is 23.4. The van der Waals surface area contributed by atoms with Crippen LogP contribution in [0.4, 0.5) is 10.3 Å². The minimum absolute atomic E-state index is 0.165. The number of halogens is 1. The highest BCUT2D eigenvalue weighted by Gasteiger charge is 2.23. The molecule has 0 radical (unpaired) electrons. The second-order valence-corrected chi connectivity index (χ2v) is 9.09. The number of piperazine rings is 1. The summed E-state index contributed by atoms with van der Waals surface area (Å²) in [6, 6.07) is 13.6. The third-order valence-corrected chi connectivity index (χ3v) is 6.60. The van der Waals surface area contributed by atoms with Crippen molar-refractivity contribution in [3.8, 4) is 17.4 Å². The molecule has 10 heteroatoms. The lowest BCUT2D eigenvalue weighted by molar-refractivity contribution is 0.244. The molecule has 0 unspecified atom stereocenters. The average Bonchev–Trinajstić information content (AvgIpc) is 3.27. The second kappa shape index (κ2) is 9.72. The minimum Gasteiger partial charge on any atom is -0.493 e. The van der Waals surface area contributed by atoms with E-state index in [0.717, 1.165) is 37.3 Å². The smallest absolute Gasteiger partial charge is 0.341 e. The van der Waals surface area contributed by atoms with Crippen molar-refractivity contribution in [1.29, 1.82) is 0 Å². The molecule has 0 saturated carbocycles. The number of methoxy groups -OCH3 is 2. The molecule has 1 aliphatic rings. The van der Waals surface area contributed by atoms with Crippen LogP contribution in [-0.4, -0.2) is 53.7 Å². The van der Waals surface area contributed by atoms with Crippen LogP contribution >= 0.6 is 0 Å². The van der Waals surface area contributed by atoms with Gasteiger partial charge in [-0.05, 0) is 35.9 Å². The van der Waals surface area contributed by atoms with Crippen LogP contribution in [0.1, 0.15) is 5.56 Å². The van der Waals surface area contributed by atoms with E-state index < -0.39 is 15.9 Å². The predicted octanol–water partition coefficient (Wildman–Crippen LogP) is 3.53. The van der Waals surface area contributed by atoms with Crippen LogP contribution in [0.25, 0.3) is 0 Å². The predicted molar refractivity (Wildman–Crippen MR) is 120 cm³/mol. The van der Waals surface area contributed by atoms with Gasteiger partial charge in [-0.1, -0.05) is 12.1 Å². The number of nitrogens with zero attached hydrogens (tertiary/aromatic N) is 2. The van der Waals surface area contributed by atoms with Gasteiger partial charge in [0.2, 0.25) is 0 Å². The highest BCUT2D eigenvalue weighted by molar-refractivity contribution is 7.87. The van der Waals surface area contributed by atoms with Gasteiger partial charge in [0.15, 0.2) is 17.4 Å². The third-order valence-electron chi connectivity index (χ3n) is 5.38. The molecule has 1 aliphatic heterocycles. The van der Waals surface area contributed by atoms with E-state index in [1.54, 1.807) is 20.3 Å². The first kappa shape index (κ1) is 22.9. The van der Waals surface area contributed by atoms with Crippen molar-refractivity contribution in [2.45, 2.75) is 11.4 Å². The van der Waals surface area contributed by atoms with Crippen LogP contribution in [0.2, 0.25) is 0 Å². The molecule has 0 bridgehead atoms. The fourth-order valence-corrected chi connectivity index (χ4v) is 4.57. The van der Waals surface area contributed by atoms with Crippen molar-refractivity contribution in [2.24, 2.45) is 0 Å². The molecule has 1 aromatic heterocycles. The lowest BCUT2D eigenvalue weighted by atomic mass is 10.1. The van der Waals surface area contributed by atoms with Gasteiger partial charge in [0.1, 0.15) is 10.7 Å². The molecule has 8 nitrogen and oxygen atoms in total. The maximum absolute atomic E-state index is 13.4. The zero-order valence-corrected chi connectivity index (χ0v) is 19.2.